The summed E-state index contributed by atoms with van der Waals surface area (Å²) in [6.07, 6.45) is 13.0. The number of hydrogen-bond acceptors (Lipinski definition) is 5. The van der Waals surface area contributed by atoms with Gasteiger partial charge in [0.05, 0.1) is 6.54 Å². The van der Waals surface area contributed by atoms with Gasteiger partial charge < -0.3 is 15.1 Å². The number of allylic oxidation sites excluding steroid dienone is 3. The molecule has 0 bridgehead atoms. The van der Waals surface area contributed by atoms with Crippen LogP contribution >= 0.6 is 11.8 Å². The van der Waals surface area contributed by atoms with Crippen LogP contribution in [-0.4, -0.2) is 72.9 Å². The Hall–Kier alpha value is -2.84. The first kappa shape index (κ1) is 23.9. The van der Waals surface area contributed by atoms with E-state index in [4.69, 9.17) is 0 Å². The summed E-state index contributed by atoms with van der Waals surface area (Å²) in [5.41, 5.74) is 2.83. The number of nitrogens with one attached hydrogen (secondary N) is 1. The van der Waals surface area contributed by atoms with Crippen LogP contribution in [0.1, 0.15) is 19.3 Å². The first-order chi connectivity index (χ1) is 17.0. The Labute approximate surface area is 210 Å². The second kappa shape index (κ2) is 10.4. The van der Waals surface area contributed by atoms with Crippen molar-refractivity contribution >= 4 is 40.9 Å². The molecule has 0 spiro atoms. The lowest BCUT2D eigenvalue weighted by Crippen LogP contribution is -2.37. The van der Waals surface area contributed by atoms with Gasteiger partial charge in [-0.3, -0.25) is 19.3 Å². The smallest absolute Gasteiger partial charge is 0.240 e. The fourth-order valence-electron chi connectivity index (χ4n) is 5.07. The minimum Gasteiger partial charge on any atom is -0.355 e. The maximum absolute atomic E-state index is 12.7. The number of amides is 3. The van der Waals surface area contributed by atoms with Gasteiger partial charge in [-0.15, -0.1) is 11.8 Å². The van der Waals surface area contributed by atoms with Crippen molar-refractivity contribution in [1.29, 1.82) is 0 Å². The van der Waals surface area contributed by atoms with Crippen LogP contribution in [0.25, 0.3) is 0 Å². The molecule has 3 heterocycles. The summed E-state index contributed by atoms with van der Waals surface area (Å²) < 4.78 is 0. The van der Waals surface area contributed by atoms with Gasteiger partial charge >= 0.3 is 0 Å². The highest BCUT2D eigenvalue weighted by molar-refractivity contribution is 8.02. The lowest BCUT2D eigenvalue weighted by atomic mass is 10.1. The lowest BCUT2D eigenvalue weighted by Gasteiger charge is -2.23. The zero-order chi connectivity index (χ0) is 24.4. The fraction of sp³-hybridized carbons (Fsp3) is 0.444. The molecule has 7 nitrogen and oxygen atoms in total. The highest BCUT2D eigenvalue weighted by atomic mass is 32.2. The van der Waals surface area contributed by atoms with Crippen LogP contribution in [0, 0.1) is 5.92 Å². The molecule has 35 heavy (non-hydrogen) atoms. The van der Waals surface area contributed by atoms with Crippen LogP contribution in [0.2, 0.25) is 0 Å². The molecule has 1 N–H and O–H groups in total. The molecule has 4 aliphatic rings. The number of benzene rings is 1. The summed E-state index contributed by atoms with van der Waals surface area (Å²) in [5.74, 6) is 0.233. The number of anilines is 2. The Morgan fingerprint density at radius 1 is 1.14 bits per heavy atom. The van der Waals surface area contributed by atoms with Crippen molar-refractivity contribution in [3.63, 3.8) is 0 Å². The van der Waals surface area contributed by atoms with Gasteiger partial charge in [0.1, 0.15) is 5.25 Å². The third-order valence-corrected chi connectivity index (χ3v) is 8.53. The van der Waals surface area contributed by atoms with Crippen LogP contribution in [0.3, 0.4) is 0 Å². The Kier molecular flexibility index (Phi) is 7.11. The fourth-order valence-corrected chi connectivity index (χ4v) is 6.33. The van der Waals surface area contributed by atoms with Crippen molar-refractivity contribution in [3.05, 3.63) is 60.2 Å². The van der Waals surface area contributed by atoms with Crippen LogP contribution < -0.4 is 15.1 Å². The monoisotopic (exact) mass is 492 g/mol. The number of carbonyl (C=O) groups excluding carboxylic acids is 3. The van der Waals surface area contributed by atoms with Gasteiger partial charge in [0, 0.05) is 49.1 Å². The van der Waals surface area contributed by atoms with Crippen molar-refractivity contribution in [2.45, 2.75) is 29.8 Å². The van der Waals surface area contributed by atoms with Crippen molar-refractivity contribution in [2.24, 2.45) is 5.92 Å². The number of thioether (sulfide) groups is 1. The first-order valence-electron chi connectivity index (χ1n) is 12.4. The summed E-state index contributed by atoms with van der Waals surface area (Å²) in [6.45, 7) is 3.49. The molecular formula is C27H32N4O3S. The molecule has 184 valence electrons. The number of hydrogen-bond donors (Lipinski definition) is 1. The molecule has 5 rings (SSSR count). The lowest BCUT2D eigenvalue weighted by molar-refractivity contribution is -0.120. The minimum atomic E-state index is -0.187. The molecule has 1 aliphatic carbocycles. The third kappa shape index (κ3) is 5.38. The zero-order valence-electron chi connectivity index (χ0n) is 20.1. The van der Waals surface area contributed by atoms with Crippen molar-refractivity contribution < 1.29 is 14.4 Å². The van der Waals surface area contributed by atoms with E-state index in [-0.39, 0.29) is 34.1 Å². The summed E-state index contributed by atoms with van der Waals surface area (Å²) in [4.78, 5) is 43.6. The molecule has 3 unspecified atom stereocenters. The normalized spacial score (nSPS) is 25.6. The quantitative estimate of drug-likeness (QED) is 0.634. The molecule has 3 atom stereocenters. The number of nitrogens with zero attached hydrogens (tertiary/aromatic N) is 3. The van der Waals surface area contributed by atoms with Gasteiger partial charge in [0.15, 0.2) is 0 Å². The SMILES string of the molecule is CN(C(=O)CN1CCCC1)c1ccc(N2CC(CNC(=O)C3C=C4C=CC=CC4S3)CC2=O)cc1. The van der Waals surface area contributed by atoms with Gasteiger partial charge in [-0.05, 0) is 55.8 Å². The van der Waals surface area contributed by atoms with Gasteiger partial charge in [-0.1, -0.05) is 30.4 Å². The second-order valence-electron chi connectivity index (χ2n) is 9.66. The molecule has 1 aromatic carbocycles. The number of rotatable bonds is 7. The number of likely N-dealkylation sites (N-methyl/N-ethyl adjacent to an activating group) is 1. The molecule has 3 amide bonds. The molecule has 1 aromatic rings. The van der Waals surface area contributed by atoms with Crippen molar-refractivity contribution in [3.8, 4) is 0 Å². The standard InChI is InChI=1S/C27H32N4O3S/c1-29(26(33)18-30-12-4-5-13-30)21-8-10-22(11-9-21)31-17-19(14-25(31)32)16-28-27(34)24-15-20-6-2-3-7-23(20)35-24/h2-3,6-11,15,19,23-24H,4-5,12-14,16-18H2,1H3,(H,28,34). The van der Waals surface area contributed by atoms with Gasteiger partial charge in [0.25, 0.3) is 0 Å². The van der Waals surface area contributed by atoms with E-state index >= 15 is 0 Å². The molecule has 2 fully saturated rings. The Balaban J connectivity index is 1.12. The van der Waals surface area contributed by atoms with E-state index in [1.807, 2.05) is 42.5 Å². The number of fused-ring (bicyclic) bond motifs is 1. The minimum absolute atomic E-state index is 0.00980. The highest BCUT2D eigenvalue weighted by Crippen LogP contribution is 2.36. The maximum atomic E-state index is 12.7. The average Bonchev–Trinajstić information content (AvgIpc) is 3.62. The summed E-state index contributed by atoms with van der Waals surface area (Å²) in [7, 11) is 1.80. The Morgan fingerprint density at radius 3 is 2.66 bits per heavy atom. The zero-order valence-corrected chi connectivity index (χ0v) is 20.9. The molecule has 0 radical (unpaired) electrons. The molecular weight excluding hydrogens is 460 g/mol. The summed E-state index contributed by atoms with van der Waals surface area (Å²) >= 11 is 1.65. The van der Waals surface area contributed by atoms with Crippen molar-refractivity contribution in [2.75, 3.05) is 49.6 Å². The Morgan fingerprint density at radius 2 is 1.91 bits per heavy atom. The second-order valence-corrected chi connectivity index (χ2v) is 10.9. The summed E-state index contributed by atoms with van der Waals surface area (Å²) in [5, 5.41) is 3.13. The topological polar surface area (TPSA) is 73.0 Å². The molecule has 3 aliphatic heterocycles. The van der Waals surface area contributed by atoms with E-state index in [0.717, 1.165) is 37.3 Å². The molecule has 8 heteroatoms. The first-order valence-corrected chi connectivity index (χ1v) is 13.3. The highest BCUT2D eigenvalue weighted by Gasteiger charge is 2.33. The van der Waals surface area contributed by atoms with E-state index in [2.05, 4.69) is 22.4 Å². The van der Waals surface area contributed by atoms with E-state index in [1.54, 1.807) is 28.6 Å². The van der Waals surface area contributed by atoms with E-state index in [0.29, 0.717) is 26.1 Å². The van der Waals surface area contributed by atoms with Gasteiger partial charge in [0.2, 0.25) is 17.7 Å². The summed E-state index contributed by atoms with van der Waals surface area (Å²) in [6, 6.07) is 7.59. The Bertz CT molecular complexity index is 1070. The van der Waals surface area contributed by atoms with Crippen LogP contribution in [0.15, 0.2) is 60.2 Å². The predicted molar refractivity (Wildman–Crippen MR) is 141 cm³/mol. The maximum Gasteiger partial charge on any atom is 0.240 e. The molecule has 0 aromatic heterocycles. The van der Waals surface area contributed by atoms with Crippen LogP contribution in [0.5, 0.6) is 0 Å². The van der Waals surface area contributed by atoms with Gasteiger partial charge in [-0.2, -0.15) is 0 Å². The van der Waals surface area contributed by atoms with Crippen LogP contribution in [0.4, 0.5) is 11.4 Å². The molecule has 2 saturated heterocycles. The predicted octanol–water partition coefficient (Wildman–Crippen LogP) is 2.75. The number of carbonyl (C=O) groups is 3. The van der Waals surface area contributed by atoms with E-state index < -0.39 is 0 Å². The van der Waals surface area contributed by atoms with Crippen LogP contribution in [-0.2, 0) is 14.4 Å². The number of likely N-dealkylation sites (tertiary alicyclic amines) is 1. The molecule has 0 saturated carbocycles. The average molecular weight is 493 g/mol. The largest absolute Gasteiger partial charge is 0.355 e. The third-order valence-electron chi connectivity index (χ3n) is 7.16. The van der Waals surface area contributed by atoms with E-state index in [1.165, 1.54) is 5.57 Å². The van der Waals surface area contributed by atoms with E-state index in [9.17, 15) is 14.4 Å². The van der Waals surface area contributed by atoms with Crippen molar-refractivity contribution in [1.82, 2.24) is 10.2 Å². The van der Waals surface area contributed by atoms with Gasteiger partial charge in [-0.25, -0.2) is 0 Å².